The van der Waals surface area contributed by atoms with Gasteiger partial charge in [-0.05, 0) is 18.3 Å². The zero-order valence-corrected chi connectivity index (χ0v) is 10.8. The molecule has 3 nitrogen and oxygen atoms in total. The van der Waals surface area contributed by atoms with Crippen molar-refractivity contribution in [2.75, 3.05) is 13.1 Å². The fourth-order valence-corrected chi connectivity index (χ4v) is 2.95. The summed E-state index contributed by atoms with van der Waals surface area (Å²) in [5.41, 5.74) is 0. The zero-order valence-electron chi connectivity index (χ0n) is 10.8. The third kappa shape index (κ3) is 3.55. The summed E-state index contributed by atoms with van der Waals surface area (Å²) >= 11 is 0. The number of piperidine rings is 1. The van der Waals surface area contributed by atoms with Crippen LogP contribution in [0.3, 0.4) is 0 Å². The number of amides is 1. The Morgan fingerprint density at radius 2 is 1.88 bits per heavy atom. The second-order valence-electron chi connectivity index (χ2n) is 5.76. The molecule has 2 aliphatic rings. The fourth-order valence-electron chi connectivity index (χ4n) is 2.95. The minimum Gasteiger partial charge on any atom is -0.342 e. The van der Waals surface area contributed by atoms with E-state index in [9.17, 15) is 9.59 Å². The smallest absolute Gasteiger partial charge is 0.230 e. The van der Waals surface area contributed by atoms with Crippen molar-refractivity contribution in [1.29, 1.82) is 0 Å². The van der Waals surface area contributed by atoms with Crippen LogP contribution in [0, 0.1) is 11.8 Å². The molecule has 1 saturated carbocycles. The van der Waals surface area contributed by atoms with Gasteiger partial charge in [0.2, 0.25) is 5.91 Å². The molecule has 0 spiro atoms. The molecular formula is C14H23NO2. The van der Waals surface area contributed by atoms with Gasteiger partial charge in [0.15, 0.2) is 0 Å². The topological polar surface area (TPSA) is 37.4 Å². The van der Waals surface area contributed by atoms with E-state index in [1.807, 2.05) is 4.90 Å². The Hall–Kier alpha value is -0.860. The zero-order chi connectivity index (χ0) is 12.3. The summed E-state index contributed by atoms with van der Waals surface area (Å²) in [6.45, 7) is 3.85. The van der Waals surface area contributed by atoms with E-state index < -0.39 is 0 Å². The van der Waals surface area contributed by atoms with Crippen LogP contribution >= 0.6 is 0 Å². The molecular weight excluding hydrogens is 214 g/mol. The number of nitrogens with zero attached hydrogens (tertiary/aromatic N) is 1. The minimum atomic E-state index is 0.0467. The van der Waals surface area contributed by atoms with Gasteiger partial charge in [0, 0.05) is 19.5 Å². The van der Waals surface area contributed by atoms with Gasteiger partial charge in [-0.1, -0.05) is 32.6 Å². The van der Waals surface area contributed by atoms with Gasteiger partial charge in [-0.25, -0.2) is 0 Å². The van der Waals surface area contributed by atoms with E-state index in [4.69, 9.17) is 0 Å². The second-order valence-corrected chi connectivity index (χ2v) is 5.76. The maximum Gasteiger partial charge on any atom is 0.230 e. The third-order valence-corrected chi connectivity index (χ3v) is 4.30. The highest BCUT2D eigenvalue weighted by Crippen LogP contribution is 2.30. The molecule has 17 heavy (non-hydrogen) atoms. The second kappa shape index (κ2) is 5.65. The summed E-state index contributed by atoms with van der Waals surface area (Å²) in [4.78, 5) is 24.6. The van der Waals surface area contributed by atoms with E-state index >= 15 is 0 Å². The lowest BCUT2D eigenvalue weighted by molar-refractivity contribution is -0.139. The van der Waals surface area contributed by atoms with E-state index in [2.05, 4.69) is 6.92 Å². The summed E-state index contributed by atoms with van der Waals surface area (Å²) in [6, 6.07) is 0. The number of Topliss-reactive ketones (excluding diaryl/α,β-unsaturated/α-hetero) is 1. The highest BCUT2D eigenvalue weighted by molar-refractivity contribution is 6.00. The number of hydrogen-bond acceptors (Lipinski definition) is 2. The normalized spacial score (nSPS) is 30.8. The summed E-state index contributed by atoms with van der Waals surface area (Å²) in [6.07, 6.45) is 7.17. The molecule has 0 unspecified atom stereocenters. The predicted octanol–water partition coefficient (Wildman–Crippen LogP) is 2.39. The van der Waals surface area contributed by atoms with E-state index in [0.29, 0.717) is 13.0 Å². The first-order valence-corrected chi connectivity index (χ1v) is 6.94. The van der Waals surface area contributed by atoms with Crippen LogP contribution in [0.2, 0.25) is 0 Å². The first kappa shape index (κ1) is 12.6. The van der Waals surface area contributed by atoms with Gasteiger partial charge in [-0.2, -0.15) is 0 Å². The minimum absolute atomic E-state index is 0.0467. The first-order chi connectivity index (χ1) is 8.15. The van der Waals surface area contributed by atoms with Crippen LogP contribution in [0.1, 0.15) is 51.9 Å². The monoisotopic (exact) mass is 237 g/mol. The number of hydrogen-bond donors (Lipinski definition) is 0. The van der Waals surface area contributed by atoms with Crippen molar-refractivity contribution in [2.45, 2.75) is 51.9 Å². The van der Waals surface area contributed by atoms with Gasteiger partial charge in [0.25, 0.3) is 0 Å². The van der Waals surface area contributed by atoms with Gasteiger partial charge in [0.1, 0.15) is 5.78 Å². The Morgan fingerprint density at radius 3 is 2.53 bits per heavy atom. The quantitative estimate of drug-likeness (QED) is 0.707. The summed E-state index contributed by atoms with van der Waals surface area (Å²) in [5.74, 6) is 1.85. The van der Waals surface area contributed by atoms with E-state index in [0.717, 1.165) is 24.8 Å². The van der Waals surface area contributed by atoms with Crippen LogP contribution in [0.4, 0.5) is 0 Å². The molecule has 1 heterocycles. The molecule has 1 aliphatic carbocycles. The number of ketones is 1. The molecule has 1 aliphatic heterocycles. The van der Waals surface area contributed by atoms with E-state index in [-0.39, 0.29) is 18.1 Å². The fraction of sp³-hybridized carbons (Fsp3) is 0.857. The summed E-state index contributed by atoms with van der Waals surface area (Å²) in [7, 11) is 0. The SMILES string of the molecule is CC1CCC(CCN2CCC(=O)CC2=O)CC1. The van der Waals surface area contributed by atoms with Crippen LogP contribution in [0.5, 0.6) is 0 Å². The molecule has 0 radical (unpaired) electrons. The van der Waals surface area contributed by atoms with Crippen LogP contribution in [-0.2, 0) is 9.59 Å². The molecule has 0 bridgehead atoms. The lowest BCUT2D eigenvalue weighted by Gasteiger charge is -2.30. The first-order valence-electron chi connectivity index (χ1n) is 6.94. The lowest BCUT2D eigenvalue weighted by atomic mass is 9.81. The molecule has 0 atom stereocenters. The van der Waals surface area contributed by atoms with Crippen LogP contribution in [0.25, 0.3) is 0 Å². The molecule has 2 fully saturated rings. The molecule has 0 aromatic heterocycles. The van der Waals surface area contributed by atoms with Crippen molar-refractivity contribution in [3.05, 3.63) is 0 Å². The number of carbonyl (C=O) groups is 2. The van der Waals surface area contributed by atoms with E-state index in [1.54, 1.807) is 0 Å². The van der Waals surface area contributed by atoms with Crippen LogP contribution < -0.4 is 0 Å². The number of rotatable bonds is 3. The number of likely N-dealkylation sites (tertiary alicyclic amines) is 1. The van der Waals surface area contributed by atoms with Crippen molar-refractivity contribution in [1.82, 2.24) is 4.90 Å². The Kier molecular flexibility index (Phi) is 4.19. The number of carbonyl (C=O) groups excluding carboxylic acids is 2. The Balaban J connectivity index is 1.71. The molecule has 1 saturated heterocycles. The van der Waals surface area contributed by atoms with Crippen molar-refractivity contribution >= 4 is 11.7 Å². The molecule has 3 heteroatoms. The third-order valence-electron chi connectivity index (χ3n) is 4.30. The average Bonchev–Trinajstić information content (AvgIpc) is 2.30. The molecule has 1 amide bonds. The van der Waals surface area contributed by atoms with Gasteiger partial charge in [0.05, 0.1) is 6.42 Å². The van der Waals surface area contributed by atoms with E-state index in [1.165, 1.54) is 25.7 Å². The molecule has 0 aromatic rings. The van der Waals surface area contributed by atoms with Crippen molar-refractivity contribution in [2.24, 2.45) is 11.8 Å². The lowest BCUT2D eigenvalue weighted by Crippen LogP contribution is -2.40. The van der Waals surface area contributed by atoms with Crippen molar-refractivity contribution < 1.29 is 9.59 Å². The summed E-state index contributed by atoms with van der Waals surface area (Å²) in [5, 5.41) is 0. The maximum absolute atomic E-state index is 11.6. The summed E-state index contributed by atoms with van der Waals surface area (Å²) < 4.78 is 0. The van der Waals surface area contributed by atoms with Gasteiger partial charge < -0.3 is 4.90 Å². The average molecular weight is 237 g/mol. The molecule has 96 valence electrons. The highest BCUT2D eigenvalue weighted by Gasteiger charge is 2.25. The largest absolute Gasteiger partial charge is 0.342 e. The van der Waals surface area contributed by atoms with Crippen molar-refractivity contribution in [3.63, 3.8) is 0 Å². The van der Waals surface area contributed by atoms with Crippen molar-refractivity contribution in [3.8, 4) is 0 Å². The molecule has 2 rings (SSSR count). The highest BCUT2D eigenvalue weighted by atomic mass is 16.2. The van der Waals surface area contributed by atoms with Crippen LogP contribution in [-0.4, -0.2) is 29.7 Å². The van der Waals surface area contributed by atoms with Gasteiger partial charge in [-0.15, -0.1) is 0 Å². The van der Waals surface area contributed by atoms with Gasteiger partial charge >= 0.3 is 0 Å². The molecule has 0 N–H and O–H groups in total. The maximum atomic E-state index is 11.6. The molecule has 0 aromatic carbocycles. The Morgan fingerprint density at radius 1 is 1.18 bits per heavy atom. The Labute approximate surface area is 104 Å². The Bertz CT molecular complexity index is 293. The standard InChI is InChI=1S/C14H23NO2/c1-11-2-4-12(5-3-11)6-8-15-9-7-13(16)10-14(15)17/h11-12H,2-10H2,1H3. The van der Waals surface area contributed by atoms with Gasteiger partial charge in [-0.3, -0.25) is 9.59 Å². The predicted molar refractivity (Wildman–Crippen MR) is 66.6 cm³/mol. The van der Waals surface area contributed by atoms with Crippen LogP contribution in [0.15, 0.2) is 0 Å².